The summed E-state index contributed by atoms with van der Waals surface area (Å²) < 4.78 is 40.1. The van der Waals surface area contributed by atoms with Gasteiger partial charge in [-0.2, -0.15) is 18.3 Å². The third kappa shape index (κ3) is 5.02. The Hall–Kier alpha value is -1.96. The van der Waals surface area contributed by atoms with Crippen LogP contribution in [0.1, 0.15) is 26.3 Å². The van der Waals surface area contributed by atoms with Crippen LogP contribution >= 0.6 is 11.8 Å². The number of benzene rings is 1. The molecule has 1 aromatic carbocycles. The molecule has 0 unspecified atom stereocenters. The lowest BCUT2D eigenvalue weighted by molar-refractivity contribution is -0.137. The van der Waals surface area contributed by atoms with Gasteiger partial charge in [0.05, 0.1) is 22.7 Å². The van der Waals surface area contributed by atoms with Crippen molar-refractivity contribution in [3.63, 3.8) is 0 Å². The van der Waals surface area contributed by atoms with Crippen molar-refractivity contribution < 1.29 is 18.0 Å². The summed E-state index contributed by atoms with van der Waals surface area (Å²) in [5.41, 5.74) is -0.368. The maximum absolute atomic E-state index is 12.9. The van der Waals surface area contributed by atoms with Gasteiger partial charge in [0, 0.05) is 17.1 Å². The SMILES string of the molecule is CC(C)(C)SCC(=O)Nc1cc(C(F)(F)F)ccc1-n1cccn1. The number of hydrogen-bond donors (Lipinski definition) is 1. The summed E-state index contributed by atoms with van der Waals surface area (Å²) in [6.45, 7) is 5.89. The second-order valence-electron chi connectivity index (χ2n) is 6.13. The third-order valence-corrected chi connectivity index (χ3v) is 4.26. The molecule has 24 heavy (non-hydrogen) atoms. The highest BCUT2D eigenvalue weighted by atomic mass is 32.2. The quantitative estimate of drug-likeness (QED) is 0.884. The van der Waals surface area contributed by atoms with E-state index in [0.717, 1.165) is 12.1 Å². The number of carbonyl (C=O) groups excluding carboxylic acids is 1. The average Bonchev–Trinajstić information content (AvgIpc) is 2.97. The van der Waals surface area contributed by atoms with E-state index in [4.69, 9.17) is 0 Å². The molecule has 1 amide bonds. The lowest BCUT2D eigenvalue weighted by Crippen LogP contribution is -2.20. The summed E-state index contributed by atoms with van der Waals surface area (Å²) in [5, 5.41) is 6.57. The molecule has 4 nitrogen and oxygen atoms in total. The average molecular weight is 357 g/mol. The Labute approximate surface area is 142 Å². The number of halogens is 3. The number of hydrogen-bond acceptors (Lipinski definition) is 3. The molecule has 1 N–H and O–H groups in total. The van der Waals surface area contributed by atoms with Crippen LogP contribution in [0.3, 0.4) is 0 Å². The minimum absolute atomic E-state index is 0.0769. The van der Waals surface area contributed by atoms with Gasteiger partial charge in [-0.25, -0.2) is 4.68 Å². The molecule has 1 heterocycles. The van der Waals surface area contributed by atoms with Crippen LogP contribution in [0.5, 0.6) is 0 Å². The summed E-state index contributed by atoms with van der Waals surface area (Å²) in [4.78, 5) is 12.1. The van der Waals surface area contributed by atoms with Gasteiger partial charge in [0.1, 0.15) is 0 Å². The van der Waals surface area contributed by atoms with Crippen LogP contribution in [0, 0.1) is 0 Å². The fourth-order valence-corrected chi connectivity index (χ4v) is 2.53. The Morgan fingerprint density at radius 1 is 1.29 bits per heavy atom. The number of amides is 1. The molecule has 2 rings (SSSR count). The van der Waals surface area contributed by atoms with Gasteiger partial charge in [0.25, 0.3) is 0 Å². The number of nitrogens with one attached hydrogen (secondary N) is 1. The van der Waals surface area contributed by atoms with Crippen molar-refractivity contribution in [2.45, 2.75) is 31.7 Å². The highest BCUT2D eigenvalue weighted by Gasteiger charge is 2.31. The van der Waals surface area contributed by atoms with E-state index in [-0.39, 0.29) is 22.1 Å². The Morgan fingerprint density at radius 2 is 2.00 bits per heavy atom. The first kappa shape index (κ1) is 18.4. The number of nitrogens with zero attached hydrogens (tertiary/aromatic N) is 2. The highest BCUT2D eigenvalue weighted by Crippen LogP contribution is 2.33. The van der Waals surface area contributed by atoms with Crippen molar-refractivity contribution in [3.05, 3.63) is 42.2 Å². The van der Waals surface area contributed by atoms with Crippen molar-refractivity contribution in [1.82, 2.24) is 9.78 Å². The van der Waals surface area contributed by atoms with Crippen molar-refractivity contribution in [1.29, 1.82) is 0 Å². The molecule has 0 atom stereocenters. The van der Waals surface area contributed by atoms with Crippen molar-refractivity contribution >= 4 is 23.4 Å². The second kappa shape index (κ2) is 6.88. The maximum Gasteiger partial charge on any atom is 0.416 e. The topological polar surface area (TPSA) is 46.9 Å². The summed E-state index contributed by atoms with van der Waals surface area (Å²) in [6, 6.07) is 4.84. The van der Waals surface area contributed by atoms with E-state index in [0.29, 0.717) is 5.69 Å². The molecule has 0 spiro atoms. The van der Waals surface area contributed by atoms with E-state index in [1.807, 2.05) is 20.8 Å². The van der Waals surface area contributed by atoms with E-state index in [1.165, 1.54) is 28.7 Å². The summed E-state index contributed by atoms with van der Waals surface area (Å²) in [6.07, 6.45) is -1.37. The van der Waals surface area contributed by atoms with Crippen LogP contribution in [0.2, 0.25) is 0 Å². The number of carbonyl (C=O) groups is 1. The second-order valence-corrected chi connectivity index (χ2v) is 7.93. The highest BCUT2D eigenvalue weighted by molar-refractivity contribution is 8.01. The Bertz CT molecular complexity index is 706. The Kier molecular flexibility index (Phi) is 5.27. The van der Waals surface area contributed by atoms with Crippen molar-refractivity contribution in [3.8, 4) is 5.69 Å². The summed E-state index contributed by atoms with van der Waals surface area (Å²) >= 11 is 1.42. The monoisotopic (exact) mass is 357 g/mol. The van der Waals surface area contributed by atoms with Crippen LogP contribution in [-0.2, 0) is 11.0 Å². The number of anilines is 1. The van der Waals surface area contributed by atoms with Crippen LogP contribution in [0.15, 0.2) is 36.7 Å². The standard InChI is InChI=1S/C16H18F3N3OS/c1-15(2,3)24-10-14(23)21-12-9-11(16(17,18)19)5-6-13(12)22-8-4-7-20-22/h4-9H,10H2,1-3H3,(H,21,23). The van der Waals surface area contributed by atoms with Gasteiger partial charge in [0.2, 0.25) is 5.91 Å². The molecule has 0 aliphatic rings. The predicted molar refractivity (Wildman–Crippen MR) is 89.4 cm³/mol. The number of thioether (sulfide) groups is 1. The lowest BCUT2D eigenvalue weighted by atomic mass is 10.1. The smallest absolute Gasteiger partial charge is 0.323 e. The molecular formula is C16H18F3N3OS. The van der Waals surface area contributed by atoms with Gasteiger partial charge in [-0.1, -0.05) is 20.8 Å². The Morgan fingerprint density at radius 3 is 2.54 bits per heavy atom. The molecule has 1 aromatic heterocycles. The molecular weight excluding hydrogens is 339 g/mol. The minimum atomic E-state index is -4.48. The minimum Gasteiger partial charge on any atom is -0.323 e. The molecule has 2 aromatic rings. The zero-order valence-corrected chi connectivity index (χ0v) is 14.3. The molecule has 0 aliphatic carbocycles. The van der Waals surface area contributed by atoms with Crippen molar-refractivity contribution in [2.75, 3.05) is 11.1 Å². The summed E-state index contributed by atoms with van der Waals surface area (Å²) in [5.74, 6) is -0.208. The van der Waals surface area contributed by atoms with Crippen LogP contribution in [-0.4, -0.2) is 26.2 Å². The number of alkyl halides is 3. The predicted octanol–water partition coefficient (Wildman–Crippen LogP) is 4.36. The summed E-state index contributed by atoms with van der Waals surface area (Å²) in [7, 11) is 0. The largest absolute Gasteiger partial charge is 0.416 e. The van der Waals surface area contributed by atoms with E-state index in [9.17, 15) is 18.0 Å². The lowest BCUT2D eigenvalue weighted by Gasteiger charge is -2.18. The molecule has 8 heteroatoms. The van der Waals surface area contributed by atoms with E-state index in [2.05, 4.69) is 10.4 Å². The Balaban J connectivity index is 2.29. The zero-order valence-electron chi connectivity index (χ0n) is 13.5. The fourth-order valence-electron chi connectivity index (χ4n) is 1.89. The molecule has 0 bridgehead atoms. The number of aromatic nitrogens is 2. The van der Waals surface area contributed by atoms with E-state index < -0.39 is 11.7 Å². The first-order valence-electron chi connectivity index (χ1n) is 7.21. The normalized spacial score (nSPS) is 12.2. The first-order valence-corrected chi connectivity index (χ1v) is 8.20. The number of rotatable bonds is 4. The molecule has 0 saturated carbocycles. The molecule has 0 aliphatic heterocycles. The van der Waals surface area contributed by atoms with Crippen LogP contribution < -0.4 is 5.32 Å². The molecule has 130 valence electrons. The van der Waals surface area contributed by atoms with E-state index >= 15 is 0 Å². The molecule has 0 fully saturated rings. The molecule has 0 saturated heterocycles. The van der Waals surface area contributed by atoms with Crippen LogP contribution in [0.4, 0.5) is 18.9 Å². The van der Waals surface area contributed by atoms with Gasteiger partial charge >= 0.3 is 6.18 Å². The van der Waals surface area contributed by atoms with Gasteiger partial charge in [-0.05, 0) is 24.3 Å². The third-order valence-electron chi connectivity index (χ3n) is 2.99. The van der Waals surface area contributed by atoms with Gasteiger partial charge < -0.3 is 5.32 Å². The van der Waals surface area contributed by atoms with Crippen molar-refractivity contribution in [2.24, 2.45) is 0 Å². The van der Waals surface area contributed by atoms with Gasteiger partial charge in [-0.15, -0.1) is 11.8 Å². The molecule has 0 radical (unpaired) electrons. The first-order chi connectivity index (χ1) is 11.1. The van der Waals surface area contributed by atoms with E-state index in [1.54, 1.807) is 12.3 Å². The van der Waals surface area contributed by atoms with Crippen LogP contribution in [0.25, 0.3) is 5.69 Å². The fraction of sp³-hybridized carbons (Fsp3) is 0.375. The zero-order chi connectivity index (χ0) is 18.0. The van der Waals surface area contributed by atoms with Gasteiger partial charge in [0.15, 0.2) is 0 Å². The van der Waals surface area contributed by atoms with Gasteiger partial charge in [-0.3, -0.25) is 4.79 Å². The maximum atomic E-state index is 12.9.